The normalized spacial score (nSPS) is 26.8. The van der Waals surface area contributed by atoms with E-state index < -0.39 is 0 Å². The Labute approximate surface area is 113 Å². The van der Waals surface area contributed by atoms with E-state index in [1.165, 1.54) is 24.2 Å². The summed E-state index contributed by atoms with van der Waals surface area (Å²) in [6.45, 7) is 4.55. The Kier molecular flexibility index (Phi) is 4.78. The van der Waals surface area contributed by atoms with E-state index in [2.05, 4.69) is 43.1 Å². The minimum atomic E-state index is 0.375. The van der Waals surface area contributed by atoms with Crippen molar-refractivity contribution in [1.82, 2.24) is 5.32 Å². The molecule has 0 radical (unpaired) electrons. The van der Waals surface area contributed by atoms with Crippen molar-refractivity contribution in [3.8, 4) is 0 Å². The van der Waals surface area contributed by atoms with Crippen LogP contribution in [0.1, 0.15) is 38.3 Å². The van der Waals surface area contributed by atoms with Gasteiger partial charge in [0.25, 0.3) is 0 Å². The van der Waals surface area contributed by atoms with Crippen LogP contribution in [0.5, 0.6) is 0 Å². The molecule has 0 bridgehead atoms. The summed E-state index contributed by atoms with van der Waals surface area (Å²) < 4.78 is 0. The van der Waals surface area contributed by atoms with E-state index >= 15 is 0 Å². The molecule has 94 valence electrons. The van der Waals surface area contributed by atoms with Gasteiger partial charge < -0.3 is 5.32 Å². The molecule has 1 aliphatic rings. The van der Waals surface area contributed by atoms with Crippen molar-refractivity contribution in [2.45, 2.75) is 44.0 Å². The van der Waals surface area contributed by atoms with Gasteiger partial charge in [0.2, 0.25) is 0 Å². The topological polar surface area (TPSA) is 12.0 Å². The lowest BCUT2D eigenvalue weighted by atomic mass is 10.0. The number of nitrogens with one attached hydrogen (secondary N) is 1. The average molecular weight is 270 g/mol. The van der Waals surface area contributed by atoms with Crippen LogP contribution in [0.15, 0.2) is 24.3 Å². The highest BCUT2D eigenvalue weighted by molar-refractivity contribution is 7.99. The molecule has 3 atom stereocenters. The SMILES string of the molecule is CC1SCCCC1N[C@@H](C)c1cccc(Cl)c1. The molecule has 0 amide bonds. The summed E-state index contributed by atoms with van der Waals surface area (Å²) >= 11 is 8.11. The predicted octanol–water partition coefficient (Wildman–Crippen LogP) is 4.27. The van der Waals surface area contributed by atoms with Crippen LogP contribution in [0.2, 0.25) is 5.02 Å². The van der Waals surface area contributed by atoms with E-state index in [4.69, 9.17) is 11.6 Å². The minimum absolute atomic E-state index is 0.375. The second-order valence-corrected chi connectivity index (χ2v) is 6.69. The first kappa shape index (κ1) is 13.3. The number of rotatable bonds is 3. The van der Waals surface area contributed by atoms with Crippen LogP contribution < -0.4 is 5.32 Å². The maximum atomic E-state index is 6.03. The van der Waals surface area contributed by atoms with Gasteiger partial charge in [-0.1, -0.05) is 30.7 Å². The zero-order valence-corrected chi connectivity index (χ0v) is 12.0. The first-order valence-corrected chi connectivity index (χ1v) is 7.72. The van der Waals surface area contributed by atoms with Crippen LogP contribution in [0.3, 0.4) is 0 Å². The summed E-state index contributed by atoms with van der Waals surface area (Å²) in [5, 5.41) is 5.27. The smallest absolute Gasteiger partial charge is 0.0409 e. The van der Waals surface area contributed by atoms with Gasteiger partial charge in [-0.15, -0.1) is 0 Å². The lowest BCUT2D eigenvalue weighted by Crippen LogP contribution is -2.40. The molecule has 1 aliphatic heterocycles. The molecular formula is C14H20ClNS. The summed E-state index contributed by atoms with van der Waals surface area (Å²) in [6, 6.07) is 9.15. The van der Waals surface area contributed by atoms with E-state index in [9.17, 15) is 0 Å². The van der Waals surface area contributed by atoms with E-state index in [1.54, 1.807) is 0 Å². The standard InChI is InChI=1S/C14H20ClNS/c1-10(12-5-3-6-13(15)9-12)16-14-7-4-8-17-11(14)2/h3,5-6,9-11,14,16H,4,7-8H2,1-2H3/t10-,11?,14?/m0/s1. The number of benzene rings is 1. The summed E-state index contributed by atoms with van der Waals surface area (Å²) in [5.74, 6) is 1.31. The Hall–Kier alpha value is -0.180. The Morgan fingerprint density at radius 2 is 2.29 bits per heavy atom. The fourth-order valence-electron chi connectivity index (χ4n) is 2.34. The van der Waals surface area contributed by atoms with Crippen molar-refractivity contribution in [2.24, 2.45) is 0 Å². The third-order valence-electron chi connectivity index (χ3n) is 3.42. The third-order valence-corrected chi connectivity index (χ3v) is 5.03. The van der Waals surface area contributed by atoms with Crippen LogP contribution in [-0.2, 0) is 0 Å². The van der Waals surface area contributed by atoms with E-state index in [0.29, 0.717) is 17.3 Å². The van der Waals surface area contributed by atoms with Gasteiger partial charge in [-0.25, -0.2) is 0 Å². The van der Waals surface area contributed by atoms with Gasteiger partial charge in [-0.3, -0.25) is 0 Å². The highest BCUT2D eigenvalue weighted by atomic mass is 35.5. The molecule has 1 heterocycles. The molecule has 2 rings (SSSR count). The van der Waals surface area contributed by atoms with Gasteiger partial charge in [0.05, 0.1) is 0 Å². The summed E-state index contributed by atoms with van der Waals surface area (Å²) in [4.78, 5) is 0. The van der Waals surface area contributed by atoms with Crippen molar-refractivity contribution in [3.05, 3.63) is 34.9 Å². The van der Waals surface area contributed by atoms with Gasteiger partial charge in [0.1, 0.15) is 0 Å². The second kappa shape index (κ2) is 6.12. The van der Waals surface area contributed by atoms with Gasteiger partial charge in [-0.05, 0) is 43.2 Å². The quantitative estimate of drug-likeness (QED) is 0.879. The van der Waals surface area contributed by atoms with E-state index in [0.717, 1.165) is 5.02 Å². The van der Waals surface area contributed by atoms with Crippen LogP contribution in [0.25, 0.3) is 0 Å². The first-order chi connectivity index (χ1) is 8.16. The molecule has 1 aromatic rings. The van der Waals surface area contributed by atoms with Crippen molar-refractivity contribution < 1.29 is 0 Å². The molecular weight excluding hydrogens is 250 g/mol. The first-order valence-electron chi connectivity index (χ1n) is 6.30. The molecule has 0 aliphatic carbocycles. The van der Waals surface area contributed by atoms with Crippen molar-refractivity contribution >= 4 is 23.4 Å². The third kappa shape index (κ3) is 3.64. The summed E-state index contributed by atoms with van der Waals surface area (Å²) in [7, 11) is 0. The van der Waals surface area contributed by atoms with Crippen LogP contribution in [0, 0.1) is 0 Å². The highest BCUT2D eigenvalue weighted by Crippen LogP contribution is 2.27. The Morgan fingerprint density at radius 3 is 3.00 bits per heavy atom. The number of hydrogen-bond acceptors (Lipinski definition) is 2. The molecule has 1 nitrogen and oxygen atoms in total. The molecule has 17 heavy (non-hydrogen) atoms. The molecule has 0 aromatic heterocycles. The Balaban J connectivity index is 1.98. The molecule has 0 spiro atoms. The van der Waals surface area contributed by atoms with Crippen LogP contribution in [0.4, 0.5) is 0 Å². The molecule has 1 aromatic carbocycles. The molecule has 1 fully saturated rings. The monoisotopic (exact) mass is 269 g/mol. The zero-order valence-electron chi connectivity index (χ0n) is 10.4. The van der Waals surface area contributed by atoms with Crippen molar-refractivity contribution in [3.63, 3.8) is 0 Å². The van der Waals surface area contributed by atoms with Crippen LogP contribution in [-0.4, -0.2) is 17.0 Å². The average Bonchev–Trinajstić information content (AvgIpc) is 2.32. The predicted molar refractivity (Wildman–Crippen MR) is 77.9 cm³/mol. The van der Waals surface area contributed by atoms with Gasteiger partial charge >= 0.3 is 0 Å². The largest absolute Gasteiger partial charge is 0.306 e. The summed E-state index contributed by atoms with van der Waals surface area (Å²) in [6.07, 6.45) is 2.62. The fraction of sp³-hybridized carbons (Fsp3) is 0.571. The molecule has 0 saturated carbocycles. The second-order valence-electron chi connectivity index (χ2n) is 4.77. The van der Waals surface area contributed by atoms with Gasteiger partial charge in [0, 0.05) is 22.4 Å². The van der Waals surface area contributed by atoms with Gasteiger partial charge in [0.15, 0.2) is 0 Å². The molecule has 2 unspecified atom stereocenters. The Bertz CT molecular complexity index is 369. The highest BCUT2D eigenvalue weighted by Gasteiger charge is 2.23. The molecule has 1 N–H and O–H groups in total. The van der Waals surface area contributed by atoms with Crippen molar-refractivity contribution in [2.75, 3.05) is 5.75 Å². The Morgan fingerprint density at radius 1 is 1.47 bits per heavy atom. The number of thioether (sulfide) groups is 1. The lowest BCUT2D eigenvalue weighted by molar-refractivity contribution is 0.417. The maximum absolute atomic E-state index is 6.03. The zero-order chi connectivity index (χ0) is 12.3. The lowest BCUT2D eigenvalue weighted by Gasteiger charge is -2.32. The number of hydrogen-bond donors (Lipinski definition) is 1. The summed E-state index contributed by atoms with van der Waals surface area (Å²) in [5.41, 5.74) is 1.28. The van der Waals surface area contributed by atoms with Crippen molar-refractivity contribution in [1.29, 1.82) is 0 Å². The number of halogens is 1. The molecule has 3 heteroatoms. The van der Waals surface area contributed by atoms with Crippen LogP contribution >= 0.6 is 23.4 Å². The van der Waals surface area contributed by atoms with E-state index in [-0.39, 0.29) is 0 Å². The maximum Gasteiger partial charge on any atom is 0.0409 e. The fourth-order valence-corrected chi connectivity index (χ4v) is 3.69. The van der Waals surface area contributed by atoms with E-state index in [1.807, 2.05) is 12.1 Å². The minimum Gasteiger partial charge on any atom is -0.306 e. The molecule has 1 saturated heterocycles. The van der Waals surface area contributed by atoms with Gasteiger partial charge in [-0.2, -0.15) is 11.8 Å².